The highest BCUT2D eigenvalue weighted by atomic mass is 16.3. The van der Waals surface area contributed by atoms with Crippen LogP contribution in [0.4, 0.5) is 0 Å². The number of ketones is 1. The Morgan fingerprint density at radius 2 is 1.89 bits per heavy atom. The third-order valence-corrected chi connectivity index (χ3v) is 3.16. The highest BCUT2D eigenvalue weighted by molar-refractivity contribution is 6.07. The normalized spacial score (nSPS) is 10.9. The van der Waals surface area contributed by atoms with E-state index in [0.29, 0.717) is 22.3 Å². The van der Waals surface area contributed by atoms with Crippen LogP contribution >= 0.6 is 0 Å². The van der Waals surface area contributed by atoms with Crippen molar-refractivity contribution in [2.24, 2.45) is 0 Å². The van der Waals surface area contributed by atoms with Crippen LogP contribution in [-0.2, 0) is 0 Å². The second kappa shape index (κ2) is 3.98. The molecule has 1 heterocycles. The molecule has 4 nitrogen and oxygen atoms in total. The third kappa shape index (κ3) is 1.61. The van der Waals surface area contributed by atoms with E-state index in [1.165, 1.54) is 6.92 Å². The number of carbonyl (C=O) groups excluding carboxylic acids is 1. The summed E-state index contributed by atoms with van der Waals surface area (Å²) in [6, 6.07) is 1.55. The van der Waals surface area contributed by atoms with Crippen molar-refractivity contribution < 1.29 is 14.3 Å². The van der Waals surface area contributed by atoms with E-state index >= 15 is 0 Å². The highest BCUT2D eigenvalue weighted by Crippen LogP contribution is 2.30. The molecule has 0 aliphatic rings. The van der Waals surface area contributed by atoms with Crippen LogP contribution in [0.2, 0.25) is 0 Å². The number of aryl methyl sites for hydroxylation is 2. The molecule has 0 radical (unpaired) electrons. The van der Waals surface area contributed by atoms with Crippen LogP contribution < -0.4 is 5.43 Å². The van der Waals surface area contributed by atoms with Crippen LogP contribution in [0, 0.1) is 20.8 Å². The molecule has 0 saturated heterocycles. The Kier molecular flexibility index (Phi) is 2.73. The first kappa shape index (κ1) is 12.4. The van der Waals surface area contributed by atoms with Gasteiger partial charge in [0.2, 0.25) is 0 Å². The fourth-order valence-electron chi connectivity index (χ4n) is 1.98. The molecule has 1 aromatic carbocycles. The quantitative estimate of drug-likeness (QED) is 0.785. The predicted octanol–water partition coefficient (Wildman–Crippen LogP) is 2.63. The zero-order valence-electron chi connectivity index (χ0n) is 10.7. The first-order valence-electron chi connectivity index (χ1n) is 5.62. The standard InChI is InChI=1S/C14H14O4/c1-6-5-10-13(17)7(2)9(4)18-14(10)11(8(3)15)12(6)16/h5,16H,1-4H3. The summed E-state index contributed by atoms with van der Waals surface area (Å²) in [7, 11) is 0. The summed E-state index contributed by atoms with van der Waals surface area (Å²) in [5.41, 5.74) is 1.08. The molecule has 1 N–H and O–H groups in total. The fraction of sp³-hybridized carbons (Fsp3) is 0.286. The molecule has 0 saturated carbocycles. The molecule has 4 heteroatoms. The molecular formula is C14H14O4. The molecule has 0 aliphatic heterocycles. The maximum Gasteiger partial charge on any atom is 0.195 e. The highest BCUT2D eigenvalue weighted by Gasteiger charge is 2.19. The maximum atomic E-state index is 12.1. The Morgan fingerprint density at radius 1 is 1.28 bits per heavy atom. The predicted molar refractivity (Wildman–Crippen MR) is 68.4 cm³/mol. The van der Waals surface area contributed by atoms with Crippen molar-refractivity contribution in [3.8, 4) is 5.75 Å². The third-order valence-electron chi connectivity index (χ3n) is 3.16. The lowest BCUT2D eigenvalue weighted by Gasteiger charge is -2.10. The van der Waals surface area contributed by atoms with E-state index in [9.17, 15) is 14.7 Å². The summed E-state index contributed by atoms with van der Waals surface area (Å²) < 4.78 is 5.52. The number of fused-ring (bicyclic) bond motifs is 1. The van der Waals surface area contributed by atoms with Crippen molar-refractivity contribution in [1.82, 2.24) is 0 Å². The maximum absolute atomic E-state index is 12.1. The molecule has 0 fully saturated rings. The van der Waals surface area contributed by atoms with E-state index in [1.807, 2.05) is 0 Å². The largest absolute Gasteiger partial charge is 0.507 e. The zero-order valence-corrected chi connectivity index (χ0v) is 10.7. The van der Waals surface area contributed by atoms with E-state index in [1.54, 1.807) is 26.8 Å². The minimum absolute atomic E-state index is 0.0743. The number of benzene rings is 1. The van der Waals surface area contributed by atoms with Crippen molar-refractivity contribution in [1.29, 1.82) is 0 Å². The summed E-state index contributed by atoms with van der Waals surface area (Å²) >= 11 is 0. The van der Waals surface area contributed by atoms with Crippen LogP contribution in [0.15, 0.2) is 15.3 Å². The van der Waals surface area contributed by atoms with Crippen molar-refractivity contribution >= 4 is 16.8 Å². The molecule has 94 valence electrons. The van der Waals surface area contributed by atoms with E-state index in [2.05, 4.69) is 0 Å². The second-order valence-corrected chi connectivity index (χ2v) is 4.46. The van der Waals surface area contributed by atoms with Gasteiger partial charge in [0.05, 0.1) is 5.39 Å². The van der Waals surface area contributed by atoms with Gasteiger partial charge in [-0.1, -0.05) is 0 Å². The van der Waals surface area contributed by atoms with Crippen LogP contribution in [0.25, 0.3) is 11.0 Å². The Labute approximate surface area is 104 Å². The summed E-state index contributed by atoms with van der Waals surface area (Å²) in [5.74, 6) is 0.00672. The summed E-state index contributed by atoms with van der Waals surface area (Å²) in [6.07, 6.45) is 0. The number of hydrogen-bond donors (Lipinski definition) is 1. The number of Topliss-reactive ketones (excluding diaryl/α,β-unsaturated/α-hetero) is 1. The lowest BCUT2D eigenvalue weighted by atomic mass is 10.0. The van der Waals surface area contributed by atoms with Crippen molar-refractivity contribution in [2.45, 2.75) is 27.7 Å². The van der Waals surface area contributed by atoms with E-state index in [4.69, 9.17) is 4.42 Å². The molecular weight excluding hydrogens is 232 g/mol. The summed E-state index contributed by atoms with van der Waals surface area (Å²) in [6.45, 7) is 6.33. The van der Waals surface area contributed by atoms with Crippen LogP contribution in [-0.4, -0.2) is 10.9 Å². The Hall–Kier alpha value is -2.10. The first-order valence-corrected chi connectivity index (χ1v) is 5.62. The molecule has 0 spiro atoms. The fourth-order valence-corrected chi connectivity index (χ4v) is 1.98. The van der Waals surface area contributed by atoms with Gasteiger partial charge < -0.3 is 9.52 Å². The van der Waals surface area contributed by atoms with Gasteiger partial charge in [0.25, 0.3) is 0 Å². The van der Waals surface area contributed by atoms with Gasteiger partial charge >= 0.3 is 0 Å². The molecule has 0 amide bonds. The Bertz CT molecular complexity index is 723. The molecule has 2 aromatic rings. The monoisotopic (exact) mass is 246 g/mol. The van der Waals surface area contributed by atoms with Gasteiger partial charge in [-0.15, -0.1) is 0 Å². The van der Waals surface area contributed by atoms with Gasteiger partial charge in [0, 0.05) is 5.56 Å². The van der Waals surface area contributed by atoms with Crippen molar-refractivity contribution in [3.63, 3.8) is 0 Å². The number of phenols is 1. The molecule has 1 aromatic heterocycles. The Morgan fingerprint density at radius 3 is 2.44 bits per heavy atom. The van der Waals surface area contributed by atoms with Gasteiger partial charge in [-0.25, -0.2) is 0 Å². The molecule has 0 aliphatic carbocycles. The van der Waals surface area contributed by atoms with E-state index < -0.39 is 0 Å². The van der Waals surface area contributed by atoms with Gasteiger partial charge in [-0.3, -0.25) is 9.59 Å². The number of hydrogen-bond acceptors (Lipinski definition) is 4. The molecule has 0 unspecified atom stereocenters. The minimum atomic E-state index is -0.326. The molecule has 2 rings (SSSR count). The second-order valence-electron chi connectivity index (χ2n) is 4.46. The smallest absolute Gasteiger partial charge is 0.195 e. The lowest BCUT2D eigenvalue weighted by molar-refractivity contribution is 0.101. The van der Waals surface area contributed by atoms with Crippen molar-refractivity contribution in [3.05, 3.63) is 38.7 Å². The minimum Gasteiger partial charge on any atom is -0.507 e. The Balaban J connectivity index is 3.12. The van der Waals surface area contributed by atoms with Gasteiger partial charge in [0.15, 0.2) is 16.8 Å². The van der Waals surface area contributed by atoms with Crippen molar-refractivity contribution in [2.75, 3.05) is 0 Å². The van der Waals surface area contributed by atoms with E-state index in [-0.39, 0.29) is 28.1 Å². The van der Waals surface area contributed by atoms with Crippen LogP contribution in [0.3, 0.4) is 0 Å². The van der Waals surface area contributed by atoms with Crippen LogP contribution in [0.1, 0.15) is 34.2 Å². The average molecular weight is 246 g/mol. The summed E-state index contributed by atoms with van der Waals surface area (Å²) in [5, 5.41) is 10.3. The SMILES string of the molecule is CC(=O)c1c(O)c(C)cc2c(=O)c(C)c(C)oc12. The number of phenolic OH excluding ortho intramolecular Hbond substituents is 1. The summed E-state index contributed by atoms with van der Waals surface area (Å²) in [4.78, 5) is 23.8. The first-order chi connectivity index (χ1) is 8.34. The number of rotatable bonds is 1. The van der Waals surface area contributed by atoms with Gasteiger partial charge in [0.1, 0.15) is 17.1 Å². The number of carbonyl (C=O) groups is 1. The van der Waals surface area contributed by atoms with Gasteiger partial charge in [-0.05, 0) is 39.3 Å². The lowest BCUT2D eigenvalue weighted by Crippen LogP contribution is -2.10. The topological polar surface area (TPSA) is 67.5 Å². The van der Waals surface area contributed by atoms with Crippen LogP contribution in [0.5, 0.6) is 5.75 Å². The van der Waals surface area contributed by atoms with E-state index in [0.717, 1.165) is 0 Å². The average Bonchev–Trinajstić information content (AvgIpc) is 2.29. The molecule has 0 bridgehead atoms. The number of aromatic hydroxyl groups is 1. The van der Waals surface area contributed by atoms with Gasteiger partial charge in [-0.2, -0.15) is 0 Å². The molecule has 18 heavy (non-hydrogen) atoms. The zero-order chi connectivity index (χ0) is 13.6. The molecule has 0 atom stereocenters.